The average molecular weight is 321 g/mol. The number of hydrogen-bond donors (Lipinski definition) is 1. The molecule has 1 heterocycles. The fourth-order valence-corrected chi connectivity index (χ4v) is 2.52. The van der Waals surface area contributed by atoms with Crippen LogP contribution in [0.1, 0.15) is 31.2 Å². The molecule has 1 aliphatic heterocycles. The van der Waals surface area contributed by atoms with E-state index in [1.807, 2.05) is 12.1 Å². The van der Waals surface area contributed by atoms with Gasteiger partial charge >= 0.3 is 5.97 Å². The van der Waals surface area contributed by atoms with Crippen molar-refractivity contribution in [3.8, 4) is 5.75 Å². The van der Waals surface area contributed by atoms with Gasteiger partial charge in [0.2, 0.25) is 5.91 Å². The largest absolute Gasteiger partial charge is 0.482 e. The molecule has 23 heavy (non-hydrogen) atoms. The zero-order valence-corrected chi connectivity index (χ0v) is 13.4. The van der Waals surface area contributed by atoms with Gasteiger partial charge in [0.25, 0.3) is 0 Å². The van der Waals surface area contributed by atoms with Crippen LogP contribution < -0.4 is 4.74 Å². The molecular weight excluding hydrogens is 298 g/mol. The molecule has 1 amide bonds. The molecule has 1 aromatic rings. The molecule has 0 aliphatic carbocycles. The number of carbonyl (C=O) groups is 2. The number of amides is 1. The quantitative estimate of drug-likeness (QED) is 0.832. The lowest BCUT2D eigenvalue weighted by Gasteiger charge is -2.25. The van der Waals surface area contributed by atoms with Crippen molar-refractivity contribution in [2.45, 2.75) is 38.3 Å². The van der Waals surface area contributed by atoms with Crippen molar-refractivity contribution in [1.29, 1.82) is 0 Å². The Morgan fingerprint density at radius 3 is 2.65 bits per heavy atom. The van der Waals surface area contributed by atoms with Crippen LogP contribution in [0.15, 0.2) is 24.3 Å². The monoisotopic (exact) mass is 321 g/mol. The number of aliphatic carboxylic acids is 1. The maximum Gasteiger partial charge on any atom is 0.341 e. The van der Waals surface area contributed by atoms with Crippen LogP contribution in [0.5, 0.6) is 5.75 Å². The second kappa shape index (κ2) is 8.53. The van der Waals surface area contributed by atoms with Gasteiger partial charge in [-0.3, -0.25) is 4.79 Å². The van der Waals surface area contributed by atoms with E-state index >= 15 is 0 Å². The molecule has 0 spiro atoms. The average Bonchev–Trinajstić information content (AvgIpc) is 2.55. The smallest absolute Gasteiger partial charge is 0.341 e. The molecule has 0 bridgehead atoms. The maximum atomic E-state index is 12.2. The summed E-state index contributed by atoms with van der Waals surface area (Å²) in [6, 6.07) is 7.08. The number of rotatable bonds is 7. The predicted octanol–water partition coefficient (Wildman–Crippen LogP) is 2.07. The van der Waals surface area contributed by atoms with E-state index in [1.54, 1.807) is 24.1 Å². The van der Waals surface area contributed by atoms with Gasteiger partial charge in [0.15, 0.2) is 6.61 Å². The topological polar surface area (TPSA) is 76.1 Å². The Morgan fingerprint density at radius 2 is 2.04 bits per heavy atom. The van der Waals surface area contributed by atoms with Gasteiger partial charge in [0.1, 0.15) is 5.75 Å². The van der Waals surface area contributed by atoms with Crippen LogP contribution in [-0.2, 0) is 20.9 Å². The predicted molar refractivity (Wildman–Crippen MR) is 84.3 cm³/mol. The summed E-state index contributed by atoms with van der Waals surface area (Å²) < 4.78 is 10.7. The molecule has 0 saturated carbocycles. The van der Waals surface area contributed by atoms with Gasteiger partial charge in [0, 0.05) is 20.2 Å². The first kappa shape index (κ1) is 17.3. The van der Waals surface area contributed by atoms with Gasteiger partial charge in [0.05, 0.1) is 12.5 Å². The summed E-state index contributed by atoms with van der Waals surface area (Å²) in [5.74, 6) is -0.437. The summed E-state index contributed by atoms with van der Waals surface area (Å²) in [6.07, 6.45) is 3.63. The third-order valence-corrected chi connectivity index (χ3v) is 3.81. The van der Waals surface area contributed by atoms with E-state index in [9.17, 15) is 9.59 Å². The van der Waals surface area contributed by atoms with Crippen LogP contribution in [-0.4, -0.2) is 48.2 Å². The summed E-state index contributed by atoms with van der Waals surface area (Å²) in [6.45, 7) is 0.892. The van der Waals surface area contributed by atoms with E-state index in [0.29, 0.717) is 18.7 Å². The van der Waals surface area contributed by atoms with Crippen LogP contribution in [0.25, 0.3) is 0 Å². The van der Waals surface area contributed by atoms with Crippen molar-refractivity contribution < 1.29 is 24.2 Å². The highest BCUT2D eigenvalue weighted by atomic mass is 16.5. The maximum absolute atomic E-state index is 12.2. The number of nitrogens with zero attached hydrogens (tertiary/aromatic N) is 1. The number of carbonyl (C=O) groups excluding carboxylic acids is 1. The molecule has 0 aromatic heterocycles. The minimum Gasteiger partial charge on any atom is -0.482 e. The van der Waals surface area contributed by atoms with Gasteiger partial charge < -0.3 is 19.5 Å². The highest BCUT2D eigenvalue weighted by Crippen LogP contribution is 2.18. The number of hydrogen-bond acceptors (Lipinski definition) is 4. The Bertz CT molecular complexity index is 522. The highest BCUT2D eigenvalue weighted by molar-refractivity contribution is 5.76. The van der Waals surface area contributed by atoms with E-state index in [0.717, 1.165) is 31.4 Å². The normalized spacial score (nSPS) is 17.5. The van der Waals surface area contributed by atoms with E-state index in [1.165, 1.54) is 0 Å². The van der Waals surface area contributed by atoms with Crippen LogP contribution in [0, 0.1) is 0 Å². The Balaban J connectivity index is 1.80. The summed E-state index contributed by atoms with van der Waals surface area (Å²) in [5, 5.41) is 8.56. The molecule has 1 aromatic carbocycles. The van der Waals surface area contributed by atoms with Crippen LogP contribution in [0.4, 0.5) is 0 Å². The highest BCUT2D eigenvalue weighted by Gasteiger charge is 2.19. The molecule has 1 fully saturated rings. The summed E-state index contributed by atoms with van der Waals surface area (Å²) in [5.41, 5.74) is 0.966. The Labute approximate surface area is 136 Å². The van der Waals surface area contributed by atoms with Gasteiger partial charge in [-0.15, -0.1) is 0 Å². The van der Waals surface area contributed by atoms with Crippen molar-refractivity contribution >= 4 is 11.9 Å². The first-order valence-corrected chi connectivity index (χ1v) is 7.83. The molecule has 2 rings (SSSR count). The second-order valence-corrected chi connectivity index (χ2v) is 5.77. The summed E-state index contributed by atoms with van der Waals surface area (Å²) in [7, 11) is 1.78. The lowest BCUT2D eigenvalue weighted by molar-refractivity contribution is -0.139. The van der Waals surface area contributed by atoms with Crippen molar-refractivity contribution in [2.75, 3.05) is 20.3 Å². The lowest BCUT2D eigenvalue weighted by atomic mass is 10.1. The van der Waals surface area contributed by atoms with E-state index < -0.39 is 5.97 Å². The Kier molecular flexibility index (Phi) is 6.40. The molecule has 126 valence electrons. The van der Waals surface area contributed by atoms with Crippen molar-refractivity contribution in [1.82, 2.24) is 4.90 Å². The second-order valence-electron chi connectivity index (χ2n) is 5.77. The third-order valence-electron chi connectivity index (χ3n) is 3.81. The van der Waals surface area contributed by atoms with Gasteiger partial charge in [-0.2, -0.15) is 0 Å². The Hall–Kier alpha value is -2.08. The minimum absolute atomic E-state index is 0.0468. The lowest BCUT2D eigenvalue weighted by Crippen LogP contribution is -2.31. The van der Waals surface area contributed by atoms with E-state index in [-0.39, 0.29) is 18.6 Å². The van der Waals surface area contributed by atoms with Crippen molar-refractivity contribution in [3.63, 3.8) is 0 Å². The SMILES string of the molecule is CN(Cc1ccc(OCC(=O)O)cc1)C(=O)CC1CCCCO1. The Morgan fingerprint density at radius 1 is 1.30 bits per heavy atom. The van der Waals surface area contributed by atoms with Gasteiger partial charge in [-0.05, 0) is 37.0 Å². The van der Waals surface area contributed by atoms with E-state index in [4.69, 9.17) is 14.6 Å². The summed E-state index contributed by atoms with van der Waals surface area (Å²) >= 11 is 0. The van der Waals surface area contributed by atoms with Crippen molar-refractivity contribution in [3.05, 3.63) is 29.8 Å². The first-order chi connectivity index (χ1) is 11.0. The molecule has 6 heteroatoms. The number of benzene rings is 1. The molecule has 0 radical (unpaired) electrons. The van der Waals surface area contributed by atoms with Gasteiger partial charge in [-0.25, -0.2) is 4.79 Å². The number of carboxylic acid groups (broad SMARTS) is 1. The summed E-state index contributed by atoms with van der Waals surface area (Å²) in [4.78, 5) is 24.3. The molecule has 1 N–H and O–H groups in total. The number of ether oxygens (including phenoxy) is 2. The van der Waals surface area contributed by atoms with Gasteiger partial charge in [-0.1, -0.05) is 12.1 Å². The fraction of sp³-hybridized carbons (Fsp3) is 0.529. The first-order valence-electron chi connectivity index (χ1n) is 7.83. The zero-order valence-electron chi connectivity index (χ0n) is 13.4. The molecule has 1 aliphatic rings. The zero-order chi connectivity index (χ0) is 16.7. The van der Waals surface area contributed by atoms with Crippen LogP contribution in [0.3, 0.4) is 0 Å². The fourth-order valence-electron chi connectivity index (χ4n) is 2.52. The van der Waals surface area contributed by atoms with Crippen molar-refractivity contribution in [2.24, 2.45) is 0 Å². The molecule has 1 atom stereocenters. The minimum atomic E-state index is -1.01. The molecule has 6 nitrogen and oxygen atoms in total. The van der Waals surface area contributed by atoms with E-state index in [2.05, 4.69) is 0 Å². The number of carboxylic acids is 1. The van der Waals surface area contributed by atoms with Crippen LogP contribution >= 0.6 is 0 Å². The third kappa shape index (κ3) is 5.90. The van der Waals surface area contributed by atoms with Crippen LogP contribution in [0.2, 0.25) is 0 Å². The molecule has 1 saturated heterocycles. The molecule has 1 unspecified atom stereocenters. The molecular formula is C17H23NO5. The standard InChI is InChI=1S/C17H23NO5/c1-18(16(19)10-15-4-2-3-9-22-15)11-13-5-7-14(8-6-13)23-12-17(20)21/h5-8,15H,2-4,9-12H2,1H3,(H,20,21).